The molecule has 0 aromatic heterocycles. The number of hydrogen-bond acceptors (Lipinski definition) is 2. The molecule has 0 N–H and O–H groups in total. The van der Waals surface area contributed by atoms with E-state index in [2.05, 4.69) is 4.90 Å². The zero-order valence-corrected chi connectivity index (χ0v) is 20.3. The van der Waals surface area contributed by atoms with E-state index in [1.54, 1.807) is 0 Å². The maximum atomic E-state index is 13.4. The van der Waals surface area contributed by atoms with Crippen molar-refractivity contribution in [1.29, 1.82) is 0 Å². The minimum Gasteiger partial charge on any atom is -0.333 e. The lowest BCUT2D eigenvalue weighted by Crippen LogP contribution is -2.56. The number of carbonyl (C=O) groups is 1. The molecule has 1 saturated heterocycles. The Kier molecular flexibility index (Phi) is 8.26. The number of amides is 1. The molecule has 0 aliphatic carbocycles. The van der Waals surface area contributed by atoms with Crippen molar-refractivity contribution >= 4 is 12.0 Å². The number of piperazine rings is 1. The van der Waals surface area contributed by atoms with Crippen molar-refractivity contribution in [3.8, 4) is 0 Å². The maximum Gasteiger partial charge on any atom is 0.416 e. The Balaban J connectivity index is 1.59. The number of benzene rings is 3. The molecule has 0 bridgehead atoms. The van der Waals surface area contributed by atoms with Crippen LogP contribution in [0, 0.1) is 0 Å². The summed E-state index contributed by atoms with van der Waals surface area (Å²) in [6.45, 7) is 1.61. The fraction of sp³-hybridized carbons (Fsp3) is 0.276. The molecule has 1 heterocycles. The van der Waals surface area contributed by atoms with E-state index < -0.39 is 41.0 Å². The number of carbonyl (C=O) groups excluding carboxylic acids is 1. The van der Waals surface area contributed by atoms with E-state index >= 15 is 0 Å². The molecule has 1 fully saturated rings. The smallest absolute Gasteiger partial charge is 0.333 e. The Bertz CT molecular complexity index is 1220. The Morgan fingerprint density at radius 3 is 1.97 bits per heavy atom. The van der Waals surface area contributed by atoms with Gasteiger partial charge >= 0.3 is 12.4 Å². The molecule has 9 heteroatoms. The van der Waals surface area contributed by atoms with Gasteiger partial charge in [0.1, 0.15) is 0 Å². The van der Waals surface area contributed by atoms with Gasteiger partial charge in [0.15, 0.2) is 0 Å². The molecule has 1 atom stereocenters. The summed E-state index contributed by atoms with van der Waals surface area (Å²) in [4.78, 5) is 16.9. The van der Waals surface area contributed by atoms with Crippen molar-refractivity contribution in [2.24, 2.45) is 0 Å². The summed E-state index contributed by atoms with van der Waals surface area (Å²) < 4.78 is 80.4. The third-order valence-electron chi connectivity index (χ3n) is 6.45. The normalized spacial score (nSPS) is 17.2. The average molecular weight is 533 g/mol. The Morgan fingerprint density at radius 2 is 1.39 bits per heavy atom. The van der Waals surface area contributed by atoms with Crippen molar-refractivity contribution in [2.45, 2.75) is 24.8 Å². The minimum absolute atomic E-state index is 0.0369. The van der Waals surface area contributed by atoms with E-state index in [1.165, 1.54) is 4.90 Å². The first-order valence-corrected chi connectivity index (χ1v) is 12.1. The molecule has 3 aromatic rings. The Morgan fingerprint density at radius 1 is 0.816 bits per heavy atom. The van der Waals surface area contributed by atoms with E-state index in [0.29, 0.717) is 38.2 Å². The molecule has 3 aromatic carbocycles. The summed E-state index contributed by atoms with van der Waals surface area (Å²) in [5, 5.41) is 0. The summed E-state index contributed by atoms with van der Waals surface area (Å²) in [6, 6.07) is 19.6. The standard InChI is InChI=1S/C29H26F6N2O/c30-28(31,32)24-17-23(18-25(19-24)29(33,34)35)27(38)37-15-14-36(13-7-12-21-8-3-1-4-9-21)20-26(37)16-22-10-5-2-6-11-22/h1-12,17-19,26H,13-16,20H2/t26-/m1/s1. The van der Waals surface area contributed by atoms with Gasteiger partial charge in [-0.1, -0.05) is 72.8 Å². The molecule has 200 valence electrons. The number of nitrogens with zero attached hydrogens (tertiary/aromatic N) is 2. The number of rotatable bonds is 6. The number of halogens is 6. The van der Waals surface area contributed by atoms with Crippen LogP contribution >= 0.6 is 0 Å². The number of alkyl halides is 6. The van der Waals surface area contributed by atoms with Gasteiger partial charge in [0, 0.05) is 37.8 Å². The molecule has 4 rings (SSSR count). The third kappa shape index (κ3) is 7.04. The highest BCUT2D eigenvalue weighted by molar-refractivity contribution is 5.95. The molecule has 1 aliphatic rings. The van der Waals surface area contributed by atoms with E-state index in [1.807, 2.05) is 72.8 Å². The Labute approximate surface area is 217 Å². The van der Waals surface area contributed by atoms with Gasteiger partial charge in [0.25, 0.3) is 5.91 Å². The number of hydrogen-bond donors (Lipinski definition) is 0. The molecule has 1 amide bonds. The van der Waals surface area contributed by atoms with Crippen LogP contribution in [0.1, 0.15) is 32.6 Å². The van der Waals surface area contributed by atoms with Crippen molar-refractivity contribution < 1.29 is 31.1 Å². The van der Waals surface area contributed by atoms with E-state index in [-0.39, 0.29) is 12.6 Å². The van der Waals surface area contributed by atoms with Crippen LogP contribution in [0.25, 0.3) is 6.08 Å². The highest BCUT2D eigenvalue weighted by atomic mass is 19.4. The van der Waals surface area contributed by atoms with Crippen LogP contribution in [0.15, 0.2) is 84.9 Å². The fourth-order valence-corrected chi connectivity index (χ4v) is 4.56. The van der Waals surface area contributed by atoms with Gasteiger partial charge < -0.3 is 4.90 Å². The minimum atomic E-state index is -5.02. The molecule has 0 saturated carbocycles. The van der Waals surface area contributed by atoms with Crippen molar-refractivity contribution in [3.05, 3.63) is 113 Å². The molecule has 3 nitrogen and oxygen atoms in total. The first-order chi connectivity index (χ1) is 18.0. The van der Waals surface area contributed by atoms with Gasteiger partial charge in [0.2, 0.25) is 0 Å². The van der Waals surface area contributed by atoms with Gasteiger partial charge in [-0.25, -0.2) is 0 Å². The second kappa shape index (κ2) is 11.4. The summed E-state index contributed by atoms with van der Waals surface area (Å²) >= 11 is 0. The van der Waals surface area contributed by atoms with E-state index in [0.717, 1.165) is 11.1 Å². The fourth-order valence-electron chi connectivity index (χ4n) is 4.56. The molecular formula is C29H26F6N2O. The van der Waals surface area contributed by atoms with Crippen LogP contribution in [0.3, 0.4) is 0 Å². The monoisotopic (exact) mass is 532 g/mol. The summed E-state index contributed by atoms with van der Waals surface area (Å²) in [6.07, 6.45) is -5.66. The highest BCUT2D eigenvalue weighted by Crippen LogP contribution is 2.36. The van der Waals surface area contributed by atoms with Gasteiger partial charge in [-0.3, -0.25) is 9.69 Å². The van der Waals surface area contributed by atoms with Crippen LogP contribution < -0.4 is 0 Å². The van der Waals surface area contributed by atoms with Crippen molar-refractivity contribution in [1.82, 2.24) is 9.80 Å². The van der Waals surface area contributed by atoms with E-state index in [9.17, 15) is 31.1 Å². The summed E-state index contributed by atoms with van der Waals surface area (Å²) in [5.74, 6) is -0.845. The molecule has 0 radical (unpaired) electrons. The van der Waals surface area contributed by atoms with Crippen LogP contribution in [0.5, 0.6) is 0 Å². The first-order valence-electron chi connectivity index (χ1n) is 12.1. The van der Waals surface area contributed by atoms with Gasteiger partial charge in [-0.15, -0.1) is 0 Å². The average Bonchev–Trinajstić information content (AvgIpc) is 2.88. The highest BCUT2D eigenvalue weighted by Gasteiger charge is 2.39. The van der Waals surface area contributed by atoms with Crippen LogP contribution in [0.4, 0.5) is 26.3 Å². The van der Waals surface area contributed by atoms with Gasteiger partial charge in [0.05, 0.1) is 11.1 Å². The van der Waals surface area contributed by atoms with Gasteiger partial charge in [-0.2, -0.15) is 26.3 Å². The predicted octanol–water partition coefficient (Wildman–Crippen LogP) is 6.81. The summed E-state index contributed by atoms with van der Waals surface area (Å²) in [7, 11) is 0. The lowest BCUT2D eigenvalue weighted by Gasteiger charge is -2.41. The van der Waals surface area contributed by atoms with Crippen molar-refractivity contribution in [3.63, 3.8) is 0 Å². The third-order valence-corrected chi connectivity index (χ3v) is 6.45. The molecule has 38 heavy (non-hydrogen) atoms. The molecule has 0 unspecified atom stereocenters. The van der Waals surface area contributed by atoms with Crippen LogP contribution in [-0.2, 0) is 18.8 Å². The molecular weight excluding hydrogens is 506 g/mol. The lowest BCUT2D eigenvalue weighted by atomic mass is 9.99. The van der Waals surface area contributed by atoms with E-state index in [4.69, 9.17) is 0 Å². The topological polar surface area (TPSA) is 23.6 Å². The predicted molar refractivity (Wildman–Crippen MR) is 133 cm³/mol. The zero-order valence-electron chi connectivity index (χ0n) is 20.3. The lowest BCUT2D eigenvalue weighted by molar-refractivity contribution is -0.143. The van der Waals surface area contributed by atoms with Crippen molar-refractivity contribution in [2.75, 3.05) is 26.2 Å². The largest absolute Gasteiger partial charge is 0.416 e. The second-order valence-corrected chi connectivity index (χ2v) is 9.21. The van der Waals surface area contributed by atoms with Gasteiger partial charge in [-0.05, 0) is 35.7 Å². The second-order valence-electron chi connectivity index (χ2n) is 9.21. The van der Waals surface area contributed by atoms with Crippen LogP contribution in [-0.4, -0.2) is 47.9 Å². The maximum absolute atomic E-state index is 13.4. The molecule has 0 spiro atoms. The Hall–Kier alpha value is -3.59. The first kappa shape index (κ1) is 27.4. The van der Waals surface area contributed by atoms with Crippen LogP contribution in [0.2, 0.25) is 0 Å². The molecule has 1 aliphatic heterocycles. The SMILES string of the molecule is O=C(c1cc(C(F)(F)F)cc(C(F)(F)F)c1)N1CCN(CC=Cc2ccccc2)C[C@H]1Cc1ccccc1. The quantitative estimate of drug-likeness (QED) is 0.326. The zero-order chi connectivity index (χ0) is 27.3. The summed E-state index contributed by atoms with van der Waals surface area (Å²) in [5.41, 5.74) is -1.67.